The molecule has 0 bridgehead atoms. The van der Waals surface area contributed by atoms with Crippen LogP contribution < -0.4 is 5.32 Å². The van der Waals surface area contributed by atoms with E-state index in [1.54, 1.807) is 23.0 Å². The third-order valence-electron chi connectivity index (χ3n) is 4.26. The number of hydrogen-bond acceptors (Lipinski definition) is 2. The molecular weight excluding hydrogens is 334 g/mol. The van der Waals surface area contributed by atoms with Gasteiger partial charge in [-0.2, -0.15) is 5.10 Å². The van der Waals surface area contributed by atoms with Crippen LogP contribution in [0.4, 0.5) is 0 Å². The SMILES string of the molecule is Cc1c(C(=O)NCC(C)c2ccccc2)cnn1-c1ccc(Cl)cc1. The summed E-state index contributed by atoms with van der Waals surface area (Å²) in [5.41, 5.74) is 3.46. The fourth-order valence-corrected chi connectivity index (χ4v) is 2.84. The minimum absolute atomic E-state index is 0.111. The second kappa shape index (κ2) is 7.53. The zero-order valence-electron chi connectivity index (χ0n) is 14.2. The number of nitrogens with one attached hydrogen (secondary N) is 1. The molecular formula is C20H20ClN3O. The molecule has 0 saturated carbocycles. The number of halogens is 1. The zero-order valence-corrected chi connectivity index (χ0v) is 15.0. The third-order valence-corrected chi connectivity index (χ3v) is 4.52. The average Bonchev–Trinajstić information content (AvgIpc) is 3.02. The monoisotopic (exact) mass is 353 g/mol. The first-order valence-electron chi connectivity index (χ1n) is 8.20. The van der Waals surface area contributed by atoms with Crippen molar-refractivity contribution in [2.75, 3.05) is 6.54 Å². The van der Waals surface area contributed by atoms with Gasteiger partial charge in [-0.3, -0.25) is 4.79 Å². The molecule has 0 saturated heterocycles. The molecule has 128 valence electrons. The molecule has 1 amide bonds. The van der Waals surface area contributed by atoms with Crippen LogP contribution in [0.1, 0.15) is 34.5 Å². The van der Waals surface area contributed by atoms with E-state index in [9.17, 15) is 4.79 Å². The summed E-state index contributed by atoms with van der Waals surface area (Å²) in [5.74, 6) is 0.136. The van der Waals surface area contributed by atoms with E-state index in [1.165, 1.54) is 5.56 Å². The van der Waals surface area contributed by atoms with Gasteiger partial charge in [0.1, 0.15) is 0 Å². The normalized spacial score (nSPS) is 12.0. The van der Waals surface area contributed by atoms with Crippen molar-refractivity contribution in [1.29, 1.82) is 0 Å². The van der Waals surface area contributed by atoms with E-state index < -0.39 is 0 Å². The largest absolute Gasteiger partial charge is 0.351 e. The molecule has 25 heavy (non-hydrogen) atoms. The number of benzene rings is 2. The fourth-order valence-electron chi connectivity index (χ4n) is 2.72. The first-order chi connectivity index (χ1) is 12.1. The summed E-state index contributed by atoms with van der Waals surface area (Å²) < 4.78 is 1.74. The summed E-state index contributed by atoms with van der Waals surface area (Å²) in [6.07, 6.45) is 1.60. The van der Waals surface area contributed by atoms with Gasteiger partial charge in [0.2, 0.25) is 0 Å². The number of carbonyl (C=O) groups excluding carboxylic acids is 1. The van der Waals surface area contributed by atoms with Crippen molar-refractivity contribution in [2.45, 2.75) is 19.8 Å². The lowest BCUT2D eigenvalue weighted by molar-refractivity contribution is 0.0951. The maximum absolute atomic E-state index is 12.5. The van der Waals surface area contributed by atoms with Crippen molar-refractivity contribution in [3.05, 3.63) is 82.6 Å². The molecule has 0 fully saturated rings. The molecule has 1 atom stereocenters. The Labute approximate surface area is 152 Å². The van der Waals surface area contributed by atoms with Gasteiger partial charge < -0.3 is 5.32 Å². The molecule has 1 unspecified atom stereocenters. The number of rotatable bonds is 5. The Morgan fingerprint density at radius 1 is 1.16 bits per heavy atom. The standard InChI is InChI=1S/C20H20ClN3O/c1-14(16-6-4-3-5-7-16)12-22-20(25)19-13-23-24(15(19)2)18-10-8-17(21)9-11-18/h3-11,13-14H,12H2,1-2H3,(H,22,25). The van der Waals surface area contributed by atoms with Crippen LogP contribution in [0.5, 0.6) is 0 Å². The van der Waals surface area contributed by atoms with Gasteiger partial charge in [0.15, 0.2) is 0 Å². The van der Waals surface area contributed by atoms with Crippen molar-refractivity contribution in [2.24, 2.45) is 0 Å². The Hall–Kier alpha value is -2.59. The van der Waals surface area contributed by atoms with Crippen LogP contribution in [0.25, 0.3) is 5.69 Å². The molecule has 2 aromatic carbocycles. The highest BCUT2D eigenvalue weighted by Gasteiger charge is 2.16. The Kier molecular flexibility index (Phi) is 5.19. The smallest absolute Gasteiger partial charge is 0.254 e. The Morgan fingerprint density at radius 3 is 2.52 bits per heavy atom. The molecule has 0 radical (unpaired) electrons. The van der Waals surface area contributed by atoms with E-state index in [0.29, 0.717) is 17.1 Å². The predicted octanol–water partition coefficient (Wildman–Crippen LogP) is 4.37. The van der Waals surface area contributed by atoms with Gasteiger partial charge >= 0.3 is 0 Å². The molecule has 1 heterocycles. The predicted molar refractivity (Wildman–Crippen MR) is 101 cm³/mol. The summed E-state index contributed by atoms with van der Waals surface area (Å²) in [6, 6.07) is 17.5. The highest BCUT2D eigenvalue weighted by molar-refractivity contribution is 6.30. The first kappa shape index (κ1) is 17.2. The Bertz CT molecular complexity index is 856. The molecule has 5 heteroatoms. The Balaban J connectivity index is 1.70. The summed E-state index contributed by atoms with van der Waals surface area (Å²) in [7, 11) is 0. The summed E-state index contributed by atoms with van der Waals surface area (Å²) in [6.45, 7) is 4.56. The lowest BCUT2D eigenvalue weighted by atomic mass is 10.0. The number of aromatic nitrogens is 2. The lowest BCUT2D eigenvalue weighted by Crippen LogP contribution is -2.27. The minimum atomic E-state index is -0.111. The maximum Gasteiger partial charge on any atom is 0.254 e. The zero-order chi connectivity index (χ0) is 17.8. The van der Waals surface area contributed by atoms with Gasteiger partial charge in [0, 0.05) is 11.6 Å². The van der Waals surface area contributed by atoms with Crippen LogP contribution in [0.15, 0.2) is 60.8 Å². The molecule has 4 nitrogen and oxygen atoms in total. The van der Waals surface area contributed by atoms with Crippen molar-refractivity contribution < 1.29 is 4.79 Å². The summed E-state index contributed by atoms with van der Waals surface area (Å²) in [5, 5.41) is 8.00. The van der Waals surface area contributed by atoms with Gasteiger partial charge in [-0.05, 0) is 42.7 Å². The molecule has 0 aliphatic heterocycles. The maximum atomic E-state index is 12.5. The van der Waals surface area contributed by atoms with Gasteiger partial charge in [0.05, 0.1) is 23.1 Å². The van der Waals surface area contributed by atoms with Crippen molar-refractivity contribution in [3.63, 3.8) is 0 Å². The highest BCUT2D eigenvalue weighted by atomic mass is 35.5. The molecule has 1 N–H and O–H groups in total. The van der Waals surface area contributed by atoms with Gasteiger partial charge in [-0.1, -0.05) is 48.9 Å². The second-order valence-electron chi connectivity index (χ2n) is 6.05. The van der Waals surface area contributed by atoms with Crippen LogP contribution in [0.2, 0.25) is 5.02 Å². The van der Waals surface area contributed by atoms with Crippen LogP contribution >= 0.6 is 11.6 Å². The molecule has 0 spiro atoms. The second-order valence-corrected chi connectivity index (χ2v) is 6.49. The number of amides is 1. The van der Waals surface area contributed by atoms with Crippen molar-refractivity contribution >= 4 is 17.5 Å². The quantitative estimate of drug-likeness (QED) is 0.740. The topological polar surface area (TPSA) is 46.9 Å². The van der Waals surface area contributed by atoms with Crippen LogP contribution in [-0.2, 0) is 0 Å². The number of hydrogen-bond donors (Lipinski definition) is 1. The number of carbonyl (C=O) groups is 1. The van der Waals surface area contributed by atoms with E-state index in [4.69, 9.17) is 11.6 Å². The average molecular weight is 354 g/mol. The van der Waals surface area contributed by atoms with E-state index >= 15 is 0 Å². The third kappa shape index (κ3) is 3.91. The van der Waals surface area contributed by atoms with Crippen LogP contribution in [0.3, 0.4) is 0 Å². The van der Waals surface area contributed by atoms with Crippen LogP contribution in [-0.4, -0.2) is 22.2 Å². The molecule has 0 aliphatic rings. The molecule has 3 rings (SSSR count). The van der Waals surface area contributed by atoms with Crippen molar-refractivity contribution in [1.82, 2.24) is 15.1 Å². The van der Waals surface area contributed by atoms with Gasteiger partial charge in [0.25, 0.3) is 5.91 Å². The first-order valence-corrected chi connectivity index (χ1v) is 8.58. The minimum Gasteiger partial charge on any atom is -0.351 e. The summed E-state index contributed by atoms with van der Waals surface area (Å²) in [4.78, 5) is 12.5. The molecule has 0 aliphatic carbocycles. The molecule has 3 aromatic rings. The highest BCUT2D eigenvalue weighted by Crippen LogP contribution is 2.17. The van der Waals surface area contributed by atoms with Crippen LogP contribution in [0, 0.1) is 6.92 Å². The Morgan fingerprint density at radius 2 is 1.84 bits per heavy atom. The van der Waals surface area contributed by atoms with E-state index in [0.717, 1.165) is 11.4 Å². The van der Waals surface area contributed by atoms with Crippen molar-refractivity contribution in [3.8, 4) is 5.69 Å². The molecule has 1 aromatic heterocycles. The van der Waals surface area contributed by atoms with Gasteiger partial charge in [-0.15, -0.1) is 0 Å². The van der Waals surface area contributed by atoms with E-state index in [-0.39, 0.29) is 11.8 Å². The van der Waals surface area contributed by atoms with E-state index in [1.807, 2.05) is 37.3 Å². The lowest BCUT2D eigenvalue weighted by Gasteiger charge is -2.13. The summed E-state index contributed by atoms with van der Waals surface area (Å²) >= 11 is 5.92. The van der Waals surface area contributed by atoms with E-state index in [2.05, 4.69) is 29.5 Å². The number of nitrogens with zero attached hydrogens (tertiary/aromatic N) is 2. The van der Waals surface area contributed by atoms with Gasteiger partial charge in [-0.25, -0.2) is 4.68 Å². The fraction of sp³-hybridized carbons (Fsp3) is 0.200.